The second kappa shape index (κ2) is 8.88. The molecule has 0 aromatic heterocycles. The molecule has 1 N–H and O–H groups in total. The van der Waals surface area contributed by atoms with E-state index < -0.39 is 10.0 Å². The van der Waals surface area contributed by atoms with Crippen LogP contribution in [-0.2, 0) is 10.0 Å². The summed E-state index contributed by atoms with van der Waals surface area (Å²) in [6.45, 7) is 10.1. The minimum Gasteiger partial charge on any atom is -0.345 e. The number of rotatable bonds is 5. The van der Waals surface area contributed by atoms with Gasteiger partial charge in [-0.3, -0.25) is 4.79 Å². The van der Waals surface area contributed by atoms with Crippen molar-refractivity contribution in [2.24, 2.45) is 0 Å². The fourth-order valence-corrected chi connectivity index (χ4v) is 5.21. The van der Waals surface area contributed by atoms with Crippen molar-refractivity contribution in [1.29, 1.82) is 0 Å². The minimum atomic E-state index is -3.62. The molecule has 1 aliphatic rings. The summed E-state index contributed by atoms with van der Waals surface area (Å²) in [7, 11) is -1.64. The van der Waals surface area contributed by atoms with Gasteiger partial charge >= 0.3 is 0 Å². The quantitative estimate of drug-likeness (QED) is 0.793. The van der Waals surface area contributed by atoms with Gasteiger partial charge in [0.05, 0.1) is 10.9 Å². The Morgan fingerprint density at radius 2 is 1.60 bits per heavy atom. The summed E-state index contributed by atoms with van der Waals surface area (Å²) in [4.78, 5) is 15.3. The van der Waals surface area contributed by atoms with Gasteiger partial charge in [0.2, 0.25) is 10.0 Å². The predicted molar refractivity (Wildman–Crippen MR) is 119 cm³/mol. The highest BCUT2D eigenvalue weighted by Gasteiger charge is 2.28. The molecular weight excluding hydrogens is 398 g/mol. The zero-order valence-corrected chi connectivity index (χ0v) is 19.2. The van der Waals surface area contributed by atoms with Gasteiger partial charge in [-0.1, -0.05) is 29.8 Å². The number of aryl methyl sites for hydroxylation is 3. The number of hydrogen-bond donors (Lipinski definition) is 1. The number of amides is 1. The van der Waals surface area contributed by atoms with E-state index in [1.807, 2.05) is 46.9 Å². The molecule has 2 aromatic rings. The molecule has 1 aliphatic heterocycles. The SMILES string of the molecule is Cc1ccc(C)c(C(C)NC(=O)c2cc(S(=O)(=O)N3CCN(C)CC3)ccc2C)c1. The van der Waals surface area contributed by atoms with E-state index in [1.165, 1.54) is 10.4 Å². The molecule has 1 fully saturated rings. The van der Waals surface area contributed by atoms with Crippen molar-refractivity contribution in [3.63, 3.8) is 0 Å². The van der Waals surface area contributed by atoms with Crippen LogP contribution in [0.1, 0.15) is 45.6 Å². The van der Waals surface area contributed by atoms with E-state index in [2.05, 4.69) is 16.3 Å². The lowest BCUT2D eigenvalue weighted by atomic mass is 9.99. The molecule has 1 amide bonds. The molecule has 1 atom stereocenters. The zero-order valence-electron chi connectivity index (χ0n) is 18.4. The van der Waals surface area contributed by atoms with Crippen LogP contribution in [0.5, 0.6) is 0 Å². The molecule has 2 aromatic carbocycles. The molecule has 0 spiro atoms. The number of carbonyl (C=O) groups is 1. The maximum absolute atomic E-state index is 13.1. The van der Waals surface area contributed by atoms with Crippen LogP contribution in [0.25, 0.3) is 0 Å². The Hall–Kier alpha value is -2.22. The van der Waals surface area contributed by atoms with Gasteiger partial charge in [0, 0.05) is 31.7 Å². The number of nitrogens with one attached hydrogen (secondary N) is 1. The molecule has 6 nitrogen and oxygen atoms in total. The predicted octanol–water partition coefficient (Wildman–Crippen LogP) is 3.04. The number of piperazine rings is 1. The normalized spacial score (nSPS) is 17.0. The Labute approximate surface area is 179 Å². The van der Waals surface area contributed by atoms with Gasteiger partial charge in [0.15, 0.2) is 0 Å². The molecule has 162 valence electrons. The van der Waals surface area contributed by atoms with E-state index in [1.54, 1.807) is 12.1 Å². The van der Waals surface area contributed by atoms with E-state index in [-0.39, 0.29) is 16.8 Å². The van der Waals surface area contributed by atoms with Crippen molar-refractivity contribution >= 4 is 15.9 Å². The highest BCUT2D eigenvalue weighted by molar-refractivity contribution is 7.89. The summed E-state index contributed by atoms with van der Waals surface area (Å²) in [5.74, 6) is -0.267. The lowest BCUT2D eigenvalue weighted by Gasteiger charge is -2.31. The minimum absolute atomic E-state index is 0.169. The summed E-state index contributed by atoms with van der Waals surface area (Å²) in [6, 6.07) is 10.8. The zero-order chi connectivity index (χ0) is 22.1. The molecule has 7 heteroatoms. The second-order valence-electron chi connectivity index (χ2n) is 8.24. The Morgan fingerprint density at radius 3 is 2.27 bits per heavy atom. The first-order valence-electron chi connectivity index (χ1n) is 10.3. The van der Waals surface area contributed by atoms with E-state index in [0.29, 0.717) is 31.7 Å². The number of likely N-dealkylation sites (N-methyl/N-ethyl adjacent to an activating group) is 1. The van der Waals surface area contributed by atoms with Gasteiger partial charge in [-0.25, -0.2) is 8.42 Å². The molecule has 0 radical (unpaired) electrons. The monoisotopic (exact) mass is 429 g/mol. The number of hydrogen-bond acceptors (Lipinski definition) is 4. The van der Waals surface area contributed by atoms with Crippen molar-refractivity contribution < 1.29 is 13.2 Å². The Balaban J connectivity index is 1.84. The number of nitrogens with zero attached hydrogens (tertiary/aromatic N) is 2. The van der Waals surface area contributed by atoms with Crippen LogP contribution in [0, 0.1) is 20.8 Å². The highest BCUT2D eigenvalue weighted by Crippen LogP contribution is 2.23. The van der Waals surface area contributed by atoms with Crippen molar-refractivity contribution in [2.45, 2.75) is 38.6 Å². The summed E-state index contributed by atoms with van der Waals surface area (Å²) in [5, 5.41) is 3.03. The van der Waals surface area contributed by atoms with Crippen LogP contribution in [0.2, 0.25) is 0 Å². The maximum Gasteiger partial charge on any atom is 0.252 e. The van der Waals surface area contributed by atoms with Gasteiger partial charge < -0.3 is 10.2 Å². The largest absolute Gasteiger partial charge is 0.345 e. The molecule has 1 unspecified atom stereocenters. The van der Waals surface area contributed by atoms with Crippen molar-refractivity contribution in [3.05, 3.63) is 64.2 Å². The number of carbonyl (C=O) groups excluding carboxylic acids is 1. The standard InChI is InChI=1S/C23H31N3O3S/c1-16-6-7-17(2)21(14-16)19(4)24-23(27)22-15-20(9-8-18(22)3)30(28,29)26-12-10-25(5)11-13-26/h6-9,14-15,19H,10-13H2,1-5H3,(H,24,27). The Kier molecular flexibility index (Phi) is 6.65. The summed E-state index contributed by atoms with van der Waals surface area (Å²) >= 11 is 0. The molecule has 1 saturated heterocycles. The van der Waals surface area contributed by atoms with E-state index in [4.69, 9.17) is 0 Å². The van der Waals surface area contributed by atoms with Crippen molar-refractivity contribution in [1.82, 2.24) is 14.5 Å². The van der Waals surface area contributed by atoms with E-state index >= 15 is 0 Å². The lowest BCUT2D eigenvalue weighted by molar-refractivity contribution is 0.0939. The first kappa shape index (κ1) is 22.5. The van der Waals surface area contributed by atoms with Crippen LogP contribution in [-0.4, -0.2) is 56.8 Å². The molecule has 0 saturated carbocycles. The first-order chi connectivity index (χ1) is 14.1. The molecule has 3 rings (SSSR count). The number of benzene rings is 2. The molecule has 1 heterocycles. The molecule has 0 bridgehead atoms. The Bertz CT molecular complexity index is 1040. The van der Waals surface area contributed by atoms with Crippen LogP contribution < -0.4 is 5.32 Å². The smallest absolute Gasteiger partial charge is 0.252 e. The number of sulfonamides is 1. The fourth-order valence-electron chi connectivity index (χ4n) is 3.76. The second-order valence-corrected chi connectivity index (χ2v) is 10.2. The van der Waals surface area contributed by atoms with Crippen LogP contribution in [0.4, 0.5) is 0 Å². The average Bonchev–Trinajstić information content (AvgIpc) is 2.70. The van der Waals surface area contributed by atoms with Crippen LogP contribution >= 0.6 is 0 Å². The van der Waals surface area contributed by atoms with Gasteiger partial charge in [0.25, 0.3) is 5.91 Å². The van der Waals surface area contributed by atoms with Gasteiger partial charge in [-0.15, -0.1) is 0 Å². The van der Waals surface area contributed by atoms with Gasteiger partial charge in [-0.05, 0) is 63.6 Å². The van der Waals surface area contributed by atoms with Gasteiger partial charge in [0.1, 0.15) is 0 Å². The first-order valence-corrected chi connectivity index (χ1v) is 11.7. The molecular formula is C23H31N3O3S. The van der Waals surface area contributed by atoms with Crippen LogP contribution in [0.15, 0.2) is 41.3 Å². The third-order valence-electron chi connectivity index (χ3n) is 5.80. The maximum atomic E-state index is 13.1. The fraction of sp³-hybridized carbons (Fsp3) is 0.435. The molecule has 0 aliphatic carbocycles. The third-order valence-corrected chi connectivity index (χ3v) is 7.70. The van der Waals surface area contributed by atoms with E-state index in [0.717, 1.165) is 22.3 Å². The highest BCUT2D eigenvalue weighted by atomic mass is 32.2. The average molecular weight is 430 g/mol. The Morgan fingerprint density at radius 1 is 0.967 bits per heavy atom. The van der Waals surface area contributed by atoms with Gasteiger partial charge in [-0.2, -0.15) is 4.31 Å². The topological polar surface area (TPSA) is 69.7 Å². The molecule has 30 heavy (non-hydrogen) atoms. The summed E-state index contributed by atoms with van der Waals surface area (Å²) in [6.07, 6.45) is 0. The van der Waals surface area contributed by atoms with Crippen LogP contribution in [0.3, 0.4) is 0 Å². The lowest BCUT2D eigenvalue weighted by Crippen LogP contribution is -2.47. The summed E-state index contributed by atoms with van der Waals surface area (Å²) < 4.78 is 27.7. The van der Waals surface area contributed by atoms with E-state index in [9.17, 15) is 13.2 Å². The van der Waals surface area contributed by atoms with Crippen molar-refractivity contribution in [3.8, 4) is 0 Å². The van der Waals surface area contributed by atoms with Crippen molar-refractivity contribution in [2.75, 3.05) is 33.2 Å². The summed E-state index contributed by atoms with van der Waals surface area (Å²) in [5.41, 5.74) is 4.44. The third kappa shape index (κ3) is 4.74.